The molecule has 1 aliphatic rings. The summed E-state index contributed by atoms with van der Waals surface area (Å²) in [4.78, 5) is 12.4. The van der Waals surface area contributed by atoms with E-state index >= 15 is 0 Å². The van der Waals surface area contributed by atoms with Crippen LogP contribution in [0.4, 0.5) is 13.2 Å². The van der Waals surface area contributed by atoms with Crippen molar-refractivity contribution in [2.45, 2.75) is 25.6 Å². The second-order valence-corrected chi connectivity index (χ2v) is 3.24. The van der Waals surface area contributed by atoms with Gasteiger partial charge in [0.05, 0.1) is 0 Å². The first-order chi connectivity index (χ1) is 6.45. The Hall–Kier alpha value is -0.780. The van der Waals surface area contributed by atoms with Crippen LogP contribution in [0, 0.1) is 0 Å². The van der Waals surface area contributed by atoms with Gasteiger partial charge in [-0.3, -0.25) is 4.79 Å². The molecule has 0 spiro atoms. The molecule has 0 aliphatic carbocycles. The molecule has 1 heterocycles. The van der Waals surface area contributed by atoms with Crippen LogP contribution in [-0.2, 0) is 4.79 Å². The number of hydrogen-bond acceptors (Lipinski definition) is 2. The summed E-state index contributed by atoms with van der Waals surface area (Å²) in [5.74, 6) is -0.222. The minimum atomic E-state index is -4.27. The smallest absolute Gasteiger partial charge is 0.340 e. The van der Waals surface area contributed by atoms with Gasteiger partial charge in [0.25, 0.3) is 0 Å². The number of carbonyl (C=O) groups is 1. The van der Waals surface area contributed by atoms with Crippen molar-refractivity contribution in [3.8, 4) is 0 Å². The molecule has 14 heavy (non-hydrogen) atoms. The number of nitrogens with one attached hydrogen (secondary N) is 1. The van der Waals surface area contributed by atoms with Crippen molar-refractivity contribution < 1.29 is 18.0 Å². The molecule has 0 aromatic rings. The minimum Gasteiger partial charge on any atom is -0.340 e. The fourth-order valence-corrected chi connectivity index (χ4v) is 1.42. The zero-order valence-electron chi connectivity index (χ0n) is 7.90. The summed E-state index contributed by atoms with van der Waals surface area (Å²) >= 11 is 0. The second-order valence-electron chi connectivity index (χ2n) is 3.24. The van der Waals surface area contributed by atoms with Crippen molar-refractivity contribution in [1.82, 2.24) is 10.2 Å². The Labute approximate surface area is 80.3 Å². The third-order valence-electron chi connectivity index (χ3n) is 2.23. The quantitative estimate of drug-likeness (QED) is 0.693. The van der Waals surface area contributed by atoms with Crippen LogP contribution in [0.2, 0.25) is 0 Å². The van der Waals surface area contributed by atoms with Gasteiger partial charge in [-0.2, -0.15) is 13.2 Å². The normalized spacial score (nSPS) is 23.7. The average Bonchev–Trinajstić information content (AvgIpc) is 2.15. The van der Waals surface area contributed by atoms with E-state index in [1.54, 1.807) is 6.92 Å². The van der Waals surface area contributed by atoms with E-state index in [4.69, 9.17) is 0 Å². The highest BCUT2D eigenvalue weighted by molar-refractivity contribution is 5.76. The van der Waals surface area contributed by atoms with Gasteiger partial charge in [0, 0.05) is 26.1 Å². The van der Waals surface area contributed by atoms with E-state index in [1.807, 2.05) is 0 Å². The first-order valence-corrected chi connectivity index (χ1v) is 4.53. The number of piperazine rings is 1. The van der Waals surface area contributed by atoms with Crippen LogP contribution in [0.25, 0.3) is 0 Å². The molecule has 0 aromatic carbocycles. The molecule has 6 heteroatoms. The van der Waals surface area contributed by atoms with Crippen molar-refractivity contribution >= 4 is 5.91 Å². The summed E-state index contributed by atoms with van der Waals surface area (Å²) < 4.78 is 36.8. The third kappa shape index (κ3) is 2.60. The number of amides is 1. The van der Waals surface area contributed by atoms with Crippen LogP contribution in [-0.4, -0.2) is 42.7 Å². The largest absolute Gasteiger partial charge is 0.405 e. The van der Waals surface area contributed by atoms with Gasteiger partial charge < -0.3 is 10.2 Å². The Bertz CT molecular complexity index is 217. The molecule has 0 unspecified atom stereocenters. The van der Waals surface area contributed by atoms with Crippen LogP contribution in [0.15, 0.2) is 0 Å². The lowest BCUT2D eigenvalue weighted by atomic mass is 10.2. The fourth-order valence-electron chi connectivity index (χ4n) is 1.42. The molecule has 0 radical (unpaired) electrons. The highest BCUT2D eigenvalue weighted by Crippen LogP contribution is 2.22. The molecule has 3 nitrogen and oxygen atoms in total. The monoisotopic (exact) mass is 210 g/mol. The van der Waals surface area contributed by atoms with E-state index in [9.17, 15) is 18.0 Å². The lowest BCUT2D eigenvalue weighted by Crippen LogP contribution is -2.58. The van der Waals surface area contributed by atoms with Crippen molar-refractivity contribution in [3.05, 3.63) is 0 Å². The van der Waals surface area contributed by atoms with Gasteiger partial charge in [0.1, 0.15) is 6.04 Å². The average molecular weight is 210 g/mol. The number of alkyl halides is 3. The molecule has 1 amide bonds. The van der Waals surface area contributed by atoms with Gasteiger partial charge in [-0.05, 0) is 0 Å². The van der Waals surface area contributed by atoms with Crippen molar-refractivity contribution in [2.24, 2.45) is 0 Å². The van der Waals surface area contributed by atoms with Gasteiger partial charge in [-0.15, -0.1) is 0 Å². The number of rotatable bonds is 1. The summed E-state index contributed by atoms with van der Waals surface area (Å²) in [6, 6.07) is -1.58. The Balaban J connectivity index is 2.56. The Morgan fingerprint density at radius 1 is 1.57 bits per heavy atom. The molecule has 1 aliphatic heterocycles. The van der Waals surface area contributed by atoms with Crippen molar-refractivity contribution in [2.75, 3.05) is 19.6 Å². The van der Waals surface area contributed by atoms with Crippen LogP contribution >= 0.6 is 0 Å². The first kappa shape index (κ1) is 11.3. The molecule has 0 aromatic heterocycles. The van der Waals surface area contributed by atoms with Gasteiger partial charge in [0.15, 0.2) is 0 Å². The zero-order chi connectivity index (χ0) is 10.8. The number of halogens is 3. The van der Waals surface area contributed by atoms with Crippen LogP contribution < -0.4 is 5.32 Å². The molecule has 1 fully saturated rings. The van der Waals surface area contributed by atoms with Gasteiger partial charge in [-0.25, -0.2) is 0 Å². The summed E-state index contributed by atoms with van der Waals surface area (Å²) in [6.07, 6.45) is -4.02. The molecule has 1 atom stereocenters. The SMILES string of the molecule is CCC(=O)N1CCN[C@H](C(F)(F)F)C1. The number of hydrogen-bond donors (Lipinski definition) is 1. The predicted molar refractivity (Wildman–Crippen MR) is 44.7 cm³/mol. The Kier molecular flexibility index (Phi) is 3.36. The van der Waals surface area contributed by atoms with E-state index in [1.165, 1.54) is 4.90 Å². The van der Waals surface area contributed by atoms with Gasteiger partial charge in [0.2, 0.25) is 5.91 Å². The maximum absolute atomic E-state index is 12.3. The maximum atomic E-state index is 12.3. The van der Waals surface area contributed by atoms with Crippen molar-refractivity contribution in [3.63, 3.8) is 0 Å². The van der Waals surface area contributed by atoms with Gasteiger partial charge >= 0.3 is 6.18 Å². The van der Waals surface area contributed by atoms with E-state index in [2.05, 4.69) is 5.32 Å². The van der Waals surface area contributed by atoms with E-state index in [-0.39, 0.29) is 25.4 Å². The molecular weight excluding hydrogens is 197 g/mol. The summed E-state index contributed by atoms with van der Waals surface area (Å²) in [7, 11) is 0. The highest BCUT2D eigenvalue weighted by atomic mass is 19.4. The Morgan fingerprint density at radius 2 is 2.21 bits per heavy atom. The standard InChI is InChI=1S/C8H13F3N2O/c1-2-7(14)13-4-3-12-6(5-13)8(9,10)11/h6,12H,2-5H2,1H3/t6-/m0/s1. The molecule has 0 bridgehead atoms. The third-order valence-corrected chi connectivity index (χ3v) is 2.23. The van der Waals surface area contributed by atoms with Crippen molar-refractivity contribution in [1.29, 1.82) is 0 Å². The maximum Gasteiger partial charge on any atom is 0.405 e. The Morgan fingerprint density at radius 3 is 2.71 bits per heavy atom. The molecule has 1 rings (SSSR count). The summed E-state index contributed by atoms with van der Waals surface area (Å²) in [6.45, 7) is 1.94. The molecular formula is C8H13F3N2O. The molecule has 82 valence electrons. The molecule has 1 N–H and O–H groups in total. The van der Waals surface area contributed by atoms with E-state index in [0.29, 0.717) is 6.54 Å². The number of carbonyl (C=O) groups excluding carboxylic acids is 1. The molecule has 1 saturated heterocycles. The van der Waals surface area contributed by atoms with E-state index < -0.39 is 12.2 Å². The van der Waals surface area contributed by atoms with Gasteiger partial charge in [-0.1, -0.05) is 6.92 Å². The fraction of sp³-hybridized carbons (Fsp3) is 0.875. The minimum absolute atomic E-state index is 0.204. The molecule has 0 saturated carbocycles. The lowest BCUT2D eigenvalue weighted by molar-refractivity contribution is -0.168. The second kappa shape index (κ2) is 4.16. The number of nitrogens with zero attached hydrogens (tertiary/aromatic N) is 1. The van der Waals surface area contributed by atoms with Crippen LogP contribution in [0.3, 0.4) is 0 Å². The predicted octanol–water partition coefficient (Wildman–Crippen LogP) is 0.759. The first-order valence-electron chi connectivity index (χ1n) is 4.53. The van der Waals surface area contributed by atoms with Crippen LogP contribution in [0.5, 0.6) is 0 Å². The van der Waals surface area contributed by atoms with E-state index in [0.717, 1.165) is 0 Å². The summed E-state index contributed by atoms with van der Waals surface area (Å²) in [5.41, 5.74) is 0. The lowest BCUT2D eigenvalue weighted by Gasteiger charge is -2.34. The summed E-state index contributed by atoms with van der Waals surface area (Å²) in [5, 5.41) is 2.35. The zero-order valence-corrected chi connectivity index (χ0v) is 7.90. The van der Waals surface area contributed by atoms with Crippen LogP contribution in [0.1, 0.15) is 13.3 Å². The topological polar surface area (TPSA) is 32.3 Å². The highest BCUT2D eigenvalue weighted by Gasteiger charge is 2.42.